The monoisotopic (exact) mass is 146 g/mol. The van der Waals surface area contributed by atoms with Gasteiger partial charge in [-0.1, -0.05) is 13.8 Å². The average molecular weight is 146 g/mol. The number of nitrogens with one attached hydrogen (secondary N) is 1. The molecular weight excluding hydrogens is 128 g/mol. The Balaban J connectivity index is 3.30. The summed E-state index contributed by atoms with van der Waals surface area (Å²) in [5.74, 6) is 0. The van der Waals surface area contributed by atoms with Crippen molar-refractivity contribution in [3.8, 4) is 0 Å². The molecule has 3 heteroatoms. The SMILES string of the molecule is CC(C)NCC(N)C(C)O. The summed E-state index contributed by atoms with van der Waals surface area (Å²) in [4.78, 5) is 0. The third-order valence-electron chi connectivity index (χ3n) is 1.38. The molecule has 2 atom stereocenters. The van der Waals surface area contributed by atoms with Crippen LogP contribution in [0.25, 0.3) is 0 Å². The van der Waals surface area contributed by atoms with Crippen molar-refractivity contribution >= 4 is 0 Å². The van der Waals surface area contributed by atoms with Crippen molar-refractivity contribution in [2.45, 2.75) is 39.0 Å². The first-order valence-electron chi connectivity index (χ1n) is 3.71. The Morgan fingerprint density at radius 3 is 2.20 bits per heavy atom. The number of nitrogens with two attached hydrogens (primary N) is 1. The van der Waals surface area contributed by atoms with Crippen LogP contribution in [0.3, 0.4) is 0 Å². The molecule has 0 aliphatic heterocycles. The van der Waals surface area contributed by atoms with Gasteiger partial charge in [0.25, 0.3) is 0 Å². The van der Waals surface area contributed by atoms with Crippen molar-refractivity contribution in [1.29, 1.82) is 0 Å². The van der Waals surface area contributed by atoms with Gasteiger partial charge in [-0.2, -0.15) is 0 Å². The van der Waals surface area contributed by atoms with Crippen molar-refractivity contribution < 1.29 is 5.11 Å². The standard InChI is InChI=1S/C7H18N2O/c1-5(2)9-4-7(8)6(3)10/h5-7,9-10H,4,8H2,1-3H3. The second-order valence-corrected chi connectivity index (χ2v) is 2.97. The zero-order valence-electron chi connectivity index (χ0n) is 6.96. The fourth-order valence-electron chi connectivity index (χ4n) is 0.542. The molecule has 62 valence electrons. The lowest BCUT2D eigenvalue weighted by Gasteiger charge is -2.16. The minimum absolute atomic E-state index is 0.151. The fraction of sp³-hybridized carbons (Fsp3) is 1.00. The molecule has 10 heavy (non-hydrogen) atoms. The first kappa shape index (κ1) is 9.88. The summed E-state index contributed by atoms with van der Waals surface area (Å²) in [7, 11) is 0. The predicted molar refractivity (Wildman–Crippen MR) is 42.8 cm³/mol. The van der Waals surface area contributed by atoms with E-state index in [1.165, 1.54) is 0 Å². The average Bonchev–Trinajstić information content (AvgIpc) is 1.82. The highest BCUT2D eigenvalue weighted by atomic mass is 16.3. The van der Waals surface area contributed by atoms with E-state index in [1.807, 2.05) is 0 Å². The van der Waals surface area contributed by atoms with Crippen LogP contribution in [-0.4, -0.2) is 29.8 Å². The molecule has 0 amide bonds. The van der Waals surface area contributed by atoms with Crippen LogP contribution in [0.5, 0.6) is 0 Å². The van der Waals surface area contributed by atoms with E-state index in [1.54, 1.807) is 6.92 Å². The second kappa shape index (κ2) is 4.66. The summed E-state index contributed by atoms with van der Waals surface area (Å²) in [5.41, 5.74) is 5.55. The molecule has 0 bridgehead atoms. The summed E-state index contributed by atoms with van der Waals surface area (Å²) in [6.45, 7) is 6.48. The molecule has 0 saturated heterocycles. The third-order valence-corrected chi connectivity index (χ3v) is 1.38. The molecule has 0 aromatic carbocycles. The maximum atomic E-state index is 8.97. The molecule has 0 spiro atoms. The van der Waals surface area contributed by atoms with Gasteiger partial charge in [-0.25, -0.2) is 0 Å². The van der Waals surface area contributed by atoms with Crippen LogP contribution in [0.2, 0.25) is 0 Å². The van der Waals surface area contributed by atoms with Crippen LogP contribution < -0.4 is 11.1 Å². The molecule has 0 rings (SSSR count). The van der Waals surface area contributed by atoms with Gasteiger partial charge < -0.3 is 16.2 Å². The van der Waals surface area contributed by atoms with E-state index >= 15 is 0 Å². The molecule has 0 aromatic heterocycles. The van der Waals surface area contributed by atoms with E-state index in [9.17, 15) is 0 Å². The van der Waals surface area contributed by atoms with Crippen molar-refractivity contribution in [3.05, 3.63) is 0 Å². The lowest BCUT2D eigenvalue weighted by Crippen LogP contribution is -2.43. The molecular formula is C7H18N2O. The summed E-state index contributed by atoms with van der Waals surface area (Å²) in [6.07, 6.45) is -0.425. The van der Waals surface area contributed by atoms with Crippen LogP contribution >= 0.6 is 0 Å². The maximum absolute atomic E-state index is 8.97. The van der Waals surface area contributed by atoms with E-state index in [0.29, 0.717) is 12.6 Å². The molecule has 3 nitrogen and oxygen atoms in total. The largest absolute Gasteiger partial charge is 0.392 e. The number of hydrogen-bond acceptors (Lipinski definition) is 3. The minimum Gasteiger partial charge on any atom is -0.392 e. The molecule has 0 aromatic rings. The summed E-state index contributed by atoms with van der Waals surface area (Å²) in [6, 6.07) is 0.284. The Morgan fingerprint density at radius 1 is 1.40 bits per heavy atom. The van der Waals surface area contributed by atoms with Crippen molar-refractivity contribution in [3.63, 3.8) is 0 Å². The van der Waals surface area contributed by atoms with Gasteiger partial charge in [0.05, 0.1) is 6.10 Å². The van der Waals surface area contributed by atoms with Gasteiger partial charge in [0.1, 0.15) is 0 Å². The highest BCUT2D eigenvalue weighted by Crippen LogP contribution is 1.86. The van der Waals surface area contributed by atoms with E-state index in [0.717, 1.165) is 0 Å². The molecule has 0 aliphatic rings. The highest BCUT2D eigenvalue weighted by molar-refractivity contribution is 4.70. The first-order valence-corrected chi connectivity index (χ1v) is 3.71. The lowest BCUT2D eigenvalue weighted by molar-refractivity contribution is 0.161. The normalized spacial score (nSPS) is 17.4. The number of hydrogen-bond donors (Lipinski definition) is 3. The van der Waals surface area contributed by atoms with Crippen LogP contribution in [0.15, 0.2) is 0 Å². The van der Waals surface area contributed by atoms with E-state index < -0.39 is 6.10 Å². The smallest absolute Gasteiger partial charge is 0.0675 e. The second-order valence-electron chi connectivity index (χ2n) is 2.97. The molecule has 0 saturated carbocycles. The van der Waals surface area contributed by atoms with E-state index in [4.69, 9.17) is 10.8 Å². The Morgan fingerprint density at radius 2 is 1.90 bits per heavy atom. The van der Waals surface area contributed by atoms with E-state index in [2.05, 4.69) is 19.2 Å². The summed E-state index contributed by atoms with van der Waals surface area (Å²) < 4.78 is 0. The summed E-state index contributed by atoms with van der Waals surface area (Å²) >= 11 is 0. The van der Waals surface area contributed by atoms with Gasteiger partial charge in [-0.15, -0.1) is 0 Å². The van der Waals surface area contributed by atoms with E-state index in [-0.39, 0.29) is 6.04 Å². The molecule has 0 heterocycles. The first-order chi connectivity index (χ1) is 4.54. The van der Waals surface area contributed by atoms with Crippen LogP contribution in [-0.2, 0) is 0 Å². The quantitative estimate of drug-likeness (QED) is 0.510. The zero-order valence-corrected chi connectivity index (χ0v) is 6.96. The van der Waals surface area contributed by atoms with Crippen LogP contribution in [0.1, 0.15) is 20.8 Å². The van der Waals surface area contributed by atoms with Crippen LogP contribution in [0.4, 0.5) is 0 Å². The van der Waals surface area contributed by atoms with Crippen molar-refractivity contribution in [2.75, 3.05) is 6.54 Å². The van der Waals surface area contributed by atoms with Gasteiger partial charge >= 0.3 is 0 Å². The molecule has 0 fully saturated rings. The third kappa shape index (κ3) is 4.73. The maximum Gasteiger partial charge on any atom is 0.0675 e. The topological polar surface area (TPSA) is 58.3 Å². The number of rotatable bonds is 4. The van der Waals surface area contributed by atoms with Gasteiger partial charge in [-0.05, 0) is 6.92 Å². The predicted octanol–water partition coefficient (Wildman–Crippen LogP) is -0.307. The zero-order chi connectivity index (χ0) is 8.15. The summed E-state index contributed by atoms with van der Waals surface area (Å²) in [5, 5.41) is 12.1. The van der Waals surface area contributed by atoms with Crippen LogP contribution in [0, 0.1) is 0 Å². The minimum atomic E-state index is -0.425. The van der Waals surface area contributed by atoms with Gasteiger partial charge in [-0.3, -0.25) is 0 Å². The fourth-order valence-corrected chi connectivity index (χ4v) is 0.542. The Hall–Kier alpha value is -0.120. The van der Waals surface area contributed by atoms with Gasteiger partial charge in [0.15, 0.2) is 0 Å². The molecule has 2 unspecified atom stereocenters. The lowest BCUT2D eigenvalue weighted by atomic mass is 10.2. The van der Waals surface area contributed by atoms with Gasteiger partial charge in [0.2, 0.25) is 0 Å². The number of aliphatic hydroxyl groups excluding tert-OH is 1. The Labute approximate surface area is 62.6 Å². The molecule has 4 N–H and O–H groups in total. The van der Waals surface area contributed by atoms with Crippen molar-refractivity contribution in [2.24, 2.45) is 5.73 Å². The Kier molecular flexibility index (Phi) is 4.60. The highest BCUT2D eigenvalue weighted by Gasteiger charge is 2.08. The Bertz CT molecular complexity index is 83.7. The van der Waals surface area contributed by atoms with Crippen molar-refractivity contribution in [1.82, 2.24) is 5.32 Å². The molecule has 0 radical (unpaired) electrons. The van der Waals surface area contributed by atoms with Gasteiger partial charge in [0, 0.05) is 18.6 Å². The number of aliphatic hydroxyl groups is 1. The molecule has 0 aliphatic carbocycles.